The van der Waals surface area contributed by atoms with Crippen molar-refractivity contribution in [3.05, 3.63) is 21.9 Å². The Hall–Kier alpha value is -0.480. The van der Waals surface area contributed by atoms with Gasteiger partial charge in [-0.05, 0) is 31.4 Å². The van der Waals surface area contributed by atoms with Gasteiger partial charge in [0.05, 0.1) is 0 Å². The van der Waals surface area contributed by atoms with E-state index >= 15 is 0 Å². The van der Waals surface area contributed by atoms with Crippen molar-refractivity contribution in [3.8, 4) is 0 Å². The molecule has 1 aromatic heterocycles. The maximum absolute atomic E-state index is 13.3. The second-order valence-corrected chi connectivity index (χ2v) is 6.52. The van der Waals surface area contributed by atoms with Crippen LogP contribution < -0.4 is 5.73 Å². The number of aryl methyl sites for hydroxylation is 1. The third kappa shape index (κ3) is 2.75. The summed E-state index contributed by atoms with van der Waals surface area (Å²) in [5, 5.41) is 0. The van der Waals surface area contributed by atoms with E-state index in [9.17, 15) is 8.78 Å². The van der Waals surface area contributed by atoms with Crippen molar-refractivity contribution >= 4 is 11.3 Å². The SMILES string of the molecule is CCCc1ccc(C2(CN)CCC(F)(F)CC2)s1. The molecule has 1 saturated carbocycles. The lowest BCUT2D eigenvalue weighted by Crippen LogP contribution is -2.41. The van der Waals surface area contributed by atoms with E-state index in [2.05, 4.69) is 19.1 Å². The number of thiophene rings is 1. The highest BCUT2D eigenvalue weighted by Crippen LogP contribution is 2.46. The first-order chi connectivity index (χ1) is 8.51. The summed E-state index contributed by atoms with van der Waals surface area (Å²) in [6.07, 6.45) is 3.18. The van der Waals surface area contributed by atoms with Crippen molar-refractivity contribution in [2.45, 2.75) is 56.8 Å². The van der Waals surface area contributed by atoms with E-state index in [-0.39, 0.29) is 18.3 Å². The molecule has 0 atom stereocenters. The third-order valence-corrected chi connectivity index (χ3v) is 5.40. The minimum Gasteiger partial charge on any atom is -0.330 e. The van der Waals surface area contributed by atoms with Crippen LogP contribution in [-0.4, -0.2) is 12.5 Å². The fraction of sp³-hybridized carbons (Fsp3) is 0.714. The molecule has 0 aliphatic heterocycles. The molecule has 2 N–H and O–H groups in total. The van der Waals surface area contributed by atoms with Crippen LogP contribution in [0.5, 0.6) is 0 Å². The zero-order valence-electron chi connectivity index (χ0n) is 10.8. The van der Waals surface area contributed by atoms with Gasteiger partial charge in [-0.2, -0.15) is 0 Å². The summed E-state index contributed by atoms with van der Waals surface area (Å²) in [5.74, 6) is -2.48. The largest absolute Gasteiger partial charge is 0.330 e. The van der Waals surface area contributed by atoms with Crippen molar-refractivity contribution in [2.24, 2.45) is 5.73 Å². The molecular weight excluding hydrogens is 252 g/mol. The molecule has 18 heavy (non-hydrogen) atoms. The number of hydrogen-bond donors (Lipinski definition) is 1. The number of halogens is 2. The van der Waals surface area contributed by atoms with Gasteiger partial charge in [-0.1, -0.05) is 13.3 Å². The van der Waals surface area contributed by atoms with Gasteiger partial charge < -0.3 is 5.73 Å². The quantitative estimate of drug-likeness (QED) is 0.878. The lowest BCUT2D eigenvalue weighted by Gasteiger charge is -2.38. The summed E-state index contributed by atoms with van der Waals surface area (Å²) in [4.78, 5) is 2.56. The Morgan fingerprint density at radius 3 is 2.44 bits per heavy atom. The van der Waals surface area contributed by atoms with E-state index in [1.165, 1.54) is 9.75 Å². The normalized spacial score (nSPS) is 22.0. The summed E-state index contributed by atoms with van der Waals surface area (Å²) >= 11 is 1.76. The number of hydrogen-bond acceptors (Lipinski definition) is 2. The van der Waals surface area contributed by atoms with Crippen LogP contribution in [0.4, 0.5) is 8.78 Å². The van der Waals surface area contributed by atoms with E-state index in [1.807, 2.05) is 0 Å². The van der Waals surface area contributed by atoms with Crippen molar-refractivity contribution in [1.29, 1.82) is 0 Å². The third-order valence-electron chi connectivity index (χ3n) is 4.01. The number of rotatable bonds is 4. The molecule has 0 bridgehead atoms. The molecule has 1 heterocycles. The molecule has 1 aliphatic rings. The van der Waals surface area contributed by atoms with Crippen LogP contribution in [-0.2, 0) is 11.8 Å². The summed E-state index contributed by atoms with van der Waals surface area (Å²) in [5.41, 5.74) is 5.71. The van der Waals surface area contributed by atoms with Gasteiger partial charge in [-0.3, -0.25) is 0 Å². The molecule has 1 fully saturated rings. The highest BCUT2D eigenvalue weighted by Gasteiger charge is 2.44. The van der Waals surface area contributed by atoms with Gasteiger partial charge in [0.2, 0.25) is 5.92 Å². The van der Waals surface area contributed by atoms with Crippen molar-refractivity contribution < 1.29 is 8.78 Å². The first-order valence-corrected chi connectivity index (χ1v) is 7.50. The van der Waals surface area contributed by atoms with Gasteiger partial charge in [0.15, 0.2) is 0 Å². The summed E-state index contributed by atoms with van der Waals surface area (Å²) in [7, 11) is 0. The standard InChI is InChI=1S/C14H21F2NS/c1-2-3-11-4-5-12(18-11)13(10-17)6-8-14(15,16)9-7-13/h4-5H,2-3,6-10,17H2,1H3. The van der Waals surface area contributed by atoms with Gasteiger partial charge in [0, 0.05) is 34.6 Å². The molecule has 1 aromatic rings. The van der Waals surface area contributed by atoms with Crippen LogP contribution in [0.3, 0.4) is 0 Å². The Kier molecular flexibility index (Phi) is 4.07. The van der Waals surface area contributed by atoms with Gasteiger partial charge >= 0.3 is 0 Å². The molecule has 4 heteroatoms. The maximum Gasteiger partial charge on any atom is 0.248 e. The van der Waals surface area contributed by atoms with Crippen molar-refractivity contribution in [3.63, 3.8) is 0 Å². The molecule has 0 unspecified atom stereocenters. The molecule has 1 nitrogen and oxygen atoms in total. The molecule has 102 valence electrons. The van der Waals surface area contributed by atoms with E-state index < -0.39 is 5.92 Å². The Balaban J connectivity index is 2.17. The molecule has 0 aromatic carbocycles. The average molecular weight is 273 g/mol. The average Bonchev–Trinajstić information content (AvgIpc) is 2.80. The smallest absolute Gasteiger partial charge is 0.248 e. The van der Waals surface area contributed by atoms with Gasteiger partial charge in [0.25, 0.3) is 0 Å². The Labute approximate surface area is 111 Å². The summed E-state index contributed by atoms with van der Waals surface area (Å²) in [6.45, 7) is 2.63. The highest BCUT2D eigenvalue weighted by atomic mass is 32.1. The Morgan fingerprint density at radius 1 is 1.22 bits per heavy atom. The van der Waals surface area contributed by atoms with Crippen LogP contribution in [0, 0.1) is 0 Å². The predicted molar refractivity (Wildman–Crippen MR) is 72.5 cm³/mol. The van der Waals surface area contributed by atoms with Gasteiger partial charge in [-0.25, -0.2) is 8.78 Å². The second kappa shape index (κ2) is 5.25. The molecule has 0 saturated heterocycles. The number of nitrogens with two attached hydrogens (primary N) is 1. The first kappa shape index (κ1) is 13.9. The Bertz CT molecular complexity index is 390. The zero-order chi connectivity index (χ0) is 13.2. The minimum absolute atomic E-state index is 0.0226. The van der Waals surface area contributed by atoms with E-state index in [0.29, 0.717) is 19.4 Å². The van der Waals surface area contributed by atoms with Crippen LogP contribution in [0.25, 0.3) is 0 Å². The first-order valence-electron chi connectivity index (χ1n) is 6.68. The minimum atomic E-state index is -2.48. The van der Waals surface area contributed by atoms with E-state index in [0.717, 1.165) is 12.8 Å². The van der Waals surface area contributed by atoms with Gasteiger partial charge in [0.1, 0.15) is 0 Å². The lowest BCUT2D eigenvalue weighted by atomic mass is 9.72. The summed E-state index contributed by atoms with van der Waals surface area (Å²) in [6, 6.07) is 4.24. The fourth-order valence-corrected chi connectivity index (χ4v) is 4.05. The lowest BCUT2D eigenvalue weighted by molar-refractivity contribution is -0.0504. The molecule has 0 spiro atoms. The molecule has 0 amide bonds. The fourth-order valence-electron chi connectivity index (χ4n) is 2.69. The van der Waals surface area contributed by atoms with Crippen LogP contribution in [0.2, 0.25) is 0 Å². The zero-order valence-corrected chi connectivity index (χ0v) is 11.7. The summed E-state index contributed by atoms with van der Waals surface area (Å²) < 4.78 is 26.6. The highest BCUT2D eigenvalue weighted by molar-refractivity contribution is 7.12. The van der Waals surface area contributed by atoms with Crippen molar-refractivity contribution in [2.75, 3.05) is 6.54 Å². The molecular formula is C14H21F2NS. The van der Waals surface area contributed by atoms with Crippen LogP contribution >= 0.6 is 11.3 Å². The monoisotopic (exact) mass is 273 g/mol. The van der Waals surface area contributed by atoms with E-state index in [1.54, 1.807) is 11.3 Å². The van der Waals surface area contributed by atoms with Crippen LogP contribution in [0.1, 0.15) is 48.8 Å². The topological polar surface area (TPSA) is 26.0 Å². The van der Waals surface area contributed by atoms with Crippen molar-refractivity contribution in [1.82, 2.24) is 0 Å². The Morgan fingerprint density at radius 2 is 1.89 bits per heavy atom. The maximum atomic E-state index is 13.3. The number of alkyl halides is 2. The van der Waals surface area contributed by atoms with Gasteiger partial charge in [-0.15, -0.1) is 11.3 Å². The van der Waals surface area contributed by atoms with Crippen LogP contribution in [0.15, 0.2) is 12.1 Å². The molecule has 2 rings (SSSR count). The predicted octanol–water partition coefficient (Wildman–Crippen LogP) is 4.11. The molecule has 1 aliphatic carbocycles. The molecule has 0 radical (unpaired) electrons. The second-order valence-electron chi connectivity index (χ2n) is 5.36. The van der Waals surface area contributed by atoms with E-state index in [4.69, 9.17) is 5.73 Å².